The molecule has 0 aliphatic carbocycles. The molecule has 0 saturated carbocycles. The van der Waals surface area contributed by atoms with E-state index in [4.69, 9.17) is 10.00 Å². The van der Waals surface area contributed by atoms with Crippen molar-refractivity contribution in [2.24, 2.45) is 0 Å². The van der Waals surface area contributed by atoms with E-state index in [2.05, 4.69) is 9.97 Å². The number of hydrogen-bond donors (Lipinski definition) is 0. The summed E-state index contributed by atoms with van der Waals surface area (Å²) in [5.41, 5.74) is 3.26. The fourth-order valence-corrected chi connectivity index (χ4v) is 2.88. The van der Waals surface area contributed by atoms with Crippen LogP contribution in [-0.4, -0.2) is 21.7 Å². The molecule has 1 aromatic heterocycles. The van der Waals surface area contributed by atoms with E-state index in [1.165, 1.54) is 0 Å². The van der Waals surface area contributed by atoms with Crippen molar-refractivity contribution >= 4 is 17.7 Å². The van der Waals surface area contributed by atoms with Crippen molar-refractivity contribution in [1.29, 1.82) is 5.26 Å². The van der Waals surface area contributed by atoms with Crippen LogP contribution in [-0.2, 0) is 22.6 Å². The van der Waals surface area contributed by atoms with Crippen LogP contribution in [0.1, 0.15) is 34.5 Å². The monoisotopic (exact) mass is 377 g/mol. The molecule has 8 heteroatoms. The predicted octanol–water partition coefficient (Wildman–Crippen LogP) is 3.96. The van der Waals surface area contributed by atoms with Crippen LogP contribution in [0, 0.1) is 25.2 Å². The van der Waals surface area contributed by atoms with Crippen molar-refractivity contribution < 1.29 is 18.3 Å². The standard InChI is InChI=1S/C18H17F2N3O2S/c1-11-15(12(2)23-18(22-11)26-17(19)20)7-8-16(24)25-10-14-5-3-13(9-21)4-6-14/h3-6,17H,7-8,10H2,1-2H3. The van der Waals surface area contributed by atoms with Gasteiger partial charge in [0.05, 0.1) is 11.6 Å². The van der Waals surface area contributed by atoms with Crippen molar-refractivity contribution in [3.05, 3.63) is 52.3 Å². The van der Waals surface area contributed by atoms with Gasteiger partial charge in [0.15, 0.2) is 5.16 Å². The highest BCUT2D eigenvalue weighted by Crippen LogP contribution is 2.24. The third-order valence-corrected chi connectivity index (χ3v) is 4.23. The van der Waals surface area contributed by atoms with Crippen LogP contribution >= 0.6 is 11.8 Å². The minimum atomic E-state index is -2.57. The molecule has 26 heavy (non-hydrogen) atoms. The van der Waals surface area contributed by atoms with Gasteiger partial charge in [0.25, 0.3) is 5.76 Å². The van der Waals surface area contributed by atoms with E-state index in [0.29, 0.717) is 35.1 Å². The second-order valence-corrected chi connectivity index (χ2v) is 6.46. The zero-order chi connectivity index (χ0) is 19.1. The minimum absolute atomic E-state index is 0.0298. The third kappa shape index (κ3) is 5.77. The van der Waals surface area contributed by atoms with Crippen LogP contribution in [0.25, 0.3) is 0 Å². The highest BCUT2D eigenvalue weighted by atomic mass is 32.2. The number of hydrogen-bond acceptors (Lipinski definition) is 6. The fourth-order valence-electron chi connectivity index (χ4n) is 2.34. The van der Waals surface area contributed by atoms with E-state index >= 15 is 0 Å². The van der Waals surface area contributed by atoms with E-state index < -0.39 is 5.76 Å². The molecule has 136 valence electrons. The zero-order valence-electron chi connectivity index (χ0n) is 14.3. The first kappa shape index (κ1) is 19.8. The van der Waals surface area contributed by atoms with Gasteiger partial charge >= 0.3 is 5.97 Å². The number of aromatic nitrogens is 2. The van der Waals surface area contributed by atoms with Crippen molar-refractivity contribution in [1.82, 2.24) is 9.97 Å². The third-order valence-electron chi connectivity index (χ3n) is 3.66. The Balaban J connectivity index is 1.89. The Morgan fingerprint density at radius 3 is 2.38 bits per heavy atom. The first-order valence-electron chi connectivity index (χ1n) is 7.82. The van der Waals surface area contributed by atoms with Crippen molar-refractivity contribution in [3.63, 3.8) is 0 Å². The van der Waals surface area contributed by atoms with Gasteiger partial charge in [0.1, 0.15) is 6.61 Å². The average molecular weight is 377 g/mol. The summed E-state index contributed by atoms with van der Waals surface area (Å²) in [7, 11) is 0. The number of aryl methyl sites for hydroxylation is 2. The van der Waals surface area contributed by atoms with Gasteiger partial charge in [-0.15, -0.1) is 0 Å². The summed E-state index contributed by atoms with van der Waals surface area (Å²) in [6.07, 6.45) is 0.520. The lowest BCUT2D eigenvalue weighted by molar-refractivity contribution is -0.144. The first-order chi connectivity index (χ1) is 12.4. The molecule has 0 spiro atoms. The summed E-state index contributed by atoms with van der Waals surface area (Å²) < 4.78 is 30.0. The number of rotatable bonds is 7. The highest BCUT2D eigenvalue weighted by molar-refractivity contribution is 7.99. The summed E-state index contributed by atoms with van der Waals surface area (Å²) >= 11 is 0.301. The molecule has 2 aromatic rings. The van der Waals surface area contributed by atoms with Gasteiger partial charge in [0, 0.05) is 17.8 Å². The average Bonchev–Trinajstić information content (AvgIpc) is 2.59. The molecule has 2 rings (SSSR count). The Hall–Kier alpha value is -2.53. The van der Waals surface area contributed by atoms with Crippen LogP contribution in [0.5, 0.6) is 0 Å². The van der Waals surface area contributed by atoms with Crippen molar-refractivity contribution in [3.8, 4) is 6.07 Å². The topological polar surface area (TPSA) is 75.9 Å². The second-order valence-electron chi connectivity index (χ2n) is 5.50. The van der Waals surface area contributed by atoms with E-state index in [-0.39, 0.29) is 24.2 Å². The Morgan fingerprint density at radius 2 is 1.85 bits per heavy atom. The number of halogens is 2. The molecule has 1 aromatic carbocycles. The predicted molar refractivity (Wildman–Crippen MR) is 92.6 cm³/mol. The van der Waals surface area contributed by atoms with Gasteiger partial charge in [-0.05, 0) is 55.3 Å². The zero-order valence-corrected chi connectivity index (χ0v) is 15.1. The number of esters is 1. The SMILES string of the molecule is Cc1nc(SC(F)F)nc(C)c1CCC(=O)OCc1ccc(C#N)cc1. The van der Waals surface area contributed by atoms with Crippen LogP contribution in [0.15, 0.2) is 29.4 Å². The lowest BCUT2D eigenvalue weighted by atomic mass is 10.1. The van der Waals surface area contributed by atoms with Gasteiger partial charge in [-0.25, -0.2) is 9.97 Å². The Kier molecular flexibility index (Phi) is 7.04. The number of nitrogens with zero attached hydrogens (tertiary/aromatic N) is 3. The maximum atomic E-state index is 12.4. The van der Waals surface area contributed by atoms with Crippen LogP contribution in [0.4, 0.5) is 8.78 Å². The molecule has 0 N–H and O–H groups in total. The maximum Gasteiger partial charge on any atom is 0.306 e. The molecule has 0 bridgehead atoms. The van der Waals surface area contributed by atoms with Gasteiger partial charge in [0.2, 0.25) is 0 Å². The van der Waals surface area contributed by atoms with Crippen LogP contribution < -0.4 is 0 Å². The van der Waals surface area contributed by atoms with Gasteiger partial charge in [-0.2, -0.15) is 14.0 Å². The van der Waals surface area contributed by atoms with Gasteiger partial charge in [-0.3, -0.25) is 4.79 Å². The normalized spacial score (nSPS) is 10.6. The van der Waals surface area contributed by atoms with E-state index in [1.807, 2.05) is 6.07 Å². The van der Waals surface area contributed by atoms with Gasteiger partial charge < -0.3 is 4.74 Å². The Bertz CT molecular complexity index is 797. The van der Waals surface area contributed by atoms with E-state index in [9.17, 15) is 13.6 Å². The van der Waals surface area contributed by atoms with E-state index in [1.54, 1.807) is 38.1 Å². The molecule has 0 fully saturated rings. The summed E-state index contributed by atoms with van der Waals surface area (Å²) in [6, 6.07) is 8.80. The highest BCUT2D eigenvalue weighted by Gasteiger charge is 2.14. The number of carbonyl (C=O) groups is 1. The maximum absolute atomic E-state index is 12.4. The molecule has 0 atom stereocenters. The van der Waals surface area contributed by atoms with Crippen LogP contribution in [0.3, 0.4) is 0 Å². The lowest BCUT2D eigenvalue weighted by Gasteiger charge is -2.10. The molecular weight excluding hydrogens is 360 g/mol. The smallest absolute Gasteiger partial charge is 0.306 e. The molecule has 0 unspecified atom stereocenters. The van der Waals surface area contributed by atoms with Crippen molar-refractivity contribution in [2.75, 3.05) is 0 Å². The summed E-state index contributed by atoms with van der Waals surface area (Å²) in [5, 5.41) is 8.78. The lowest BCUT2D eigenvalue weighted by Crippen LogP contribution is -2.09. The molecule has 0 aliphatic heterocycles. The molecule has 0 amide bonds. The number of nitriles is 1. The summed E-state index contributed by atoms with van der Waals surface area (Å²) in [5.74, 6) is -2.95. The van der Waals surface area contributed by atoms with Gasteiger partial charge in [-0.1, -0.05) is 12.1 Å². The molecule has 5 nitrogen and oxygen atoms in total. The van der Waals surface area contributed by atoms with Crippen molar-refractivity contribution in [2.45, 2.75) is 44.2 Å². The quantitative estimate of drug-likeness (QED) is 0.413. The Morgan fingerprint density at radius 1 is 1.23 bits per heavy atom. The number of ether oxygens (including phenoxy) is 1. The molecule has 1 heterocycles. The van der Waals surface area contributed by atoms with E-state index in [0.717, 1.165) is 11.1 Å². The number of carbonyl (C=O) groups excluding carboxylic acids is 1. The fraction of sp³-hybridized carbons (Fsp3) is 0.333. The molecule has 0 radical (unpaired) electrons. The number of thioether (sulfide) groups is 1. The summed E-state index contributed by atoms with van der Waals surface area (Å²) in [4.78, 5) is 20.0. The Labute approximate surface area is 154 Å². The second kappa shape index (κ2) is 9.25. The van der Waals surface area contributed by atoms with Crippen LogP contribution in [0.2, 0.25) is 0 Å². The molecular formula is C18H17F2N3O2S. The number of benzene rings is 1. The molecule has 0 saturated heterocycles. The largest absolute Gasteiger partial charge is 0.461 e. The molecule has 0 aliphatic rings. The minimum Gasteiger partial charge on any atom is -0.461 e. The number of alkyl halides is 2. The first-order valence-corrected chi connectivity index (χ1v) is 8.70. The summed E-state index contributed by atoms with van der Waals surface area (Å²) in [6.45, 7) is 3.55.